The maximum absolute atomic E-state index is 11.3. The lowest BCUT2D eigenvalue weighted by atomic mass is 10.0. The average Bonchev–Trinajstić information content (AvgIpc) is 2.77. The molecule has 1 aromatic heterocycles. The molecule has 0 fully saturated rings. The summed E-state index contributed by atoms with van der Waals surface area (Å²) < 4.78 is 2.09. The monoisotopic (exact) mass is 347 g/mol. The van der Waals surface area contributed by atoms with Gasteiger partial charge >= 0.3 is 6.09 Å². The molecule has 1 aliphatic heterocycles. The summed E-state index contributed by atoms with van der Waals surface area (Å²) in [6.45, 7) is 4.07. The number of hydrogen-bond donors (Lipinski definition) is 1. The van der Waals surface area contributed by atoms with Crippen LogP contribution < -0.4 is 0 Å². The smallest absolute Gasteiger partial charge is 0.407 e. The molecule has 0 radical (unpaired) electrons. The van der Waals surface area contributed by atoms with E-state index in [0.29, 0.717) is 31.0 Å². The molecule has 1 amide bonds. The van der Waals surface area contributed by atoms with Gasteiger partial charge in [0, 0.05) is 42.2 Å². The molecule has 0 bridgehead atoms. The third-order valence-electron chi connectivity index (χ3n) is 4.50. The van der Waals surface area contributed by atoms with Crippen LogP contribution in [-0.2, 0) is 19.4 Å². The van der Waals surface area contributed by atoms with Gasteiger partial charge in [-0.15, -0.1) is 0 Å². The molecule has 0 unspecified atom stereocenters. The lowest BCUT2D eigenvalue weighted by Gasteiger charge is -2.16. The van der Waals surface area contributed by atoms with Crippen molar-refractivity contribution in [2.24, 2.45) is 0 Å². The molecule has 5 nitrogen and oxygen atoms in total. The second-order valence-corrected chi connectivity index (χ2v) is 6.56. The molecule has 0 atom stereocenters. The van der Waals surface area contributed by atoms with Crippen molar-refractivity contribution in [3.63, 3.8) is 0 Å². The van der Waals surface area contributed by atoms with Gasteiger partial charge in [0.2, 0.25) is 0 Å². The van der Waals surface area contributed by atoms with E-state index in [1.165, 1.54) is 10.5 Å². The first-order chi connectivity index (χ1) is 11.6. The Morgan fingerprint density at radius 3 is 2.62 bits per heavy atom. The van der Waals surface area contributed by atoms with E-state index >= 15 is 0 Å². The molecule has 0 aliphatic carbocycles. The zero-order valence-electron chi connectivity index (χ0n) is 13.8. The predicted octanol–water partition coefficient (Wildman–Crippen LogP) is 4.08. The highest BCUT2D eigenvalue weighted by Crippen LogP contribution is 2.30. The molecule has 24 heavy (non-hydrogen) atoms. The average molecular weight is 348 g/mol. The number of carboxylic acid groups (broad SMARTS) is 1. The van der Waals surface area contributed by atoms with Crippen LogP contribution in [0.3, 0.4) is 0 Å². The van der Waals surface area contributed by atoms with Crippen molar-refractivity contribution in [1.82, 2.24) is 14.7 Å². The summed E-state index contributed by atoms with van der Waals surface area (Å²) in [6.07, 6.45) is 2.69. The summed E-state index contributed by atoms with van der Waals surface area (Å²) in [5.74, 6) is 0. The highest BCUT2D eigenvalue weighted by molar-refractivity contribution is 6.30. The fraction of sp³-hybridized carbons (Fsp3) is 0.444. The number of aryl methyl sites for hydroxylation is 1. The van der Waals surface area contributed by atoms with E-state index in [-0.39, 0.29) is 0 Å². The first-order valence-electron chi connectivity index (χ1n) is 8.42. The van der Waals surface area contributed by atoms with Gasteiger partial charge < -0.3 is 10.0 Å². The molecule has 128 valence electrons. The second-order valence-electron chi connectivity index (χ2n) is 6.13. The van der Waals surface area contributed by atoms with Gasteiger partial charge in [-0.1, -0.05) is 37.1 Å². The van der Waals surface area contributed by atoms with Gasteiger partial charge in [-0.3, -0.25) is 4.68 Å². The number of fused-ring (bicyclic) bond motifs is 1. The summed E-state index contributed by atoms with van der Waals surface area (Å²) in [7, 11) is 0. The minimum Gasteiger partial charge on any atom is -0.465 e. The molecular formula is C18H22ClN3O2. The normalized spacial score (nSPS) is 14.3. The van der Waals surface area contributed by atoms with E-state index in [9.17, 15) is 9.90 Å². The number of hydrogen-bond acceptors (Lipinski definition) is 2. The fourth-order valence-electron chi connectivity index (χ4n) is 3.20. The van der Waals surface area contributed by atoms with Crippen molar-refractivity contribution in [2.75, 3.05) is 13.1 Å². The Bertz CT molecular complexity index is 725. The SMILES string of the molecule is CCCCn1nc2c(c1-c1ccc(Cl)cc1)CCN(C(=O)O)CC2. The van der Waals surface area contributed by atoms with Crippen LogP contribution in [0.2, 0.25) is 5.02 Å². The summed E-state index contributed by atoms with van der Waals surface area (Å²) in [5, 5.41) is 14.8. The first-order valence-corrected chi connectivity index (χ1v) is 8.80. The number of rotatable bonds is 4. The summed E-state index contributed by atoms with van der Waals surface area (Å²) in [5.41, 5.74) is 4.41. The van der Waals surface area contributed by atoms with Gasteiger partial charge in [-0.25, -0.2) is 4.79 Å². The van der Waals surface area contributed by atoms with Crippen molar-refractivity contribution < 1.29 is 9.90 Å². The van der Waals surface area contributed by atoms with Crippen LogP contribution in [0.25, 0.3) is 11.3 Å². The number of amides is 1. The topological polar surface area (TPSA) is 58.4 Å². The van der Waals surface area contributed by atoms with Gasteiger partial charge in [-0.2, -0.15) is 5.10 Å². The number of carbonyl (C=O) groups is 1. The Morgan fingerprint density at radius 2 is 1.96 bits per heavy atom. The van der Waals surface area contributed by atoms with E-state index in [1.807, 2.05) is 24.3 Å². The Morgan fingerprint density at radius 1 is 1.25 bits per heavy atom. The number of benzene rings is 1. The second kappa shape index (κ2) is 7.26. The van der Waals surface area contributed by atoms with Gasteiger partial charge in [-0.05, 0) is 25.0 Å². The molecule has 6 heteroatoms. The van der Waals surface area contributed by atoms with Crippen molar-refractivity contribution >= 4 is 17.7 Å². The number of unbranched alkanes of at least 4 members (excludes halogenated alkanes) is 1. The molecule has 0 spiro atoms. The van der Waals surface area contributed by atoms with E-state index in [4.69, 9.17) is 16.7 Å². The zero-order valence-corrected chi connectivity index (χ0v) is 14.6. The summed E-state index contributed by atoms with van der Waals surface area (Å²) >= 11 is 6.03. The number of halogens is 1. The van der Waals surface area contributed by atoms with Crippen LogP contribution in [0.4, 0.5) is 4.79 Å². The molecule has 3 rings (SSSR count). The molecule has 1 aliphatic rings. The van der Waals surface area contributed by atoms with Crippen molar-refractivity contribution in [3.8, 4) is 11.3 Å². The largest absolute Gasteiger partial charge is 0.465 e. The fourth-order valence-corrected chi connectivity index (χ4v) is 3.33. The molecule has 2 aromatic rings. The van der Waals surface area contributed by atoms with E-state index in [1.54, 1.807) is 0 Å². The molecule has 1 aromatic carbocycles. The first kappa shape index (κ1) is 16.8. The van der Waals surface area contributed by atoms with Gasteiger partial charge in [0.15, 0.2) is 0 Å². The van der Waals surface area contributed by atoms with Crippen LogP contribution in [0.1, 0.15) is 31.0 Å². The van der Waals surface area contributed by atoms with Crippen molar-refractivity contribution in [2.45, 2.75) is 39.2 Å². The van der Waals surface area contributed by atoms with Crippen LogP contribution in [0.15, 0.2) is 24.3 Å². The van der Waals surface area contributed by atoms with Crippen molar-refractivity contribution in [1.29, 1.82) is 0 Å². The molecule has 0 saturated carbocycles. The lowest BCUT2D eigenvalue weighted by molar-refractivity contribution is 0.147. The number of aromatic nitrogens is 2. The number of nitrogens with zero attached hydrogens (tertiary/aromatic N) is 3. The molecular weight excluding hydrogens is 326 g/mol. The minimum absolute atomic E-state index is 0.507. The highest BCUT2D eigenvalue weighted by Gasteiger charge is 2.24. The quantitative estimate of drug-likeness (QED) is 0.906. The van der Waals surface area contributed by atoms with Gasteiger partial charge in [0.1, 0.15) is 0 Å². The summed E-state index contributed by atoms with van der Waals surface area (Å²) in [6, 6.07) is 7.81. The molecule has 2 heterocycles. The maximum atomic E-state index is 11.3. The Labute approximate surface area is 146 Å². The standard InChI is InChI=1S/C18H22ClN3O2/c1-2-3-10-22-17(13-4-6-14(19)7-5-13)15-8-11-21(18(23)24)12-9-16(15)20-22/h4-7H,2-3,8-12H2,1H3,(H,23,24). The van der Waals surface area contributed by atoms with Gasteiger partial charge in [0.25, 0.3) is 0 Å². The summed E-state index contributed by atoms with van der Waals surface area (Å²) in [4.78, 5) is 12.7. The zero-order chi connectivity index (χ0) is 17.1. The predicted molar refractivity (Wildman–Crippen MR) is 94.6 cm³/mol. The Hall–Kier alpha value is -2.01. The lowest BCUT2D eigenvalue weighted by Crippen LogP contribution is -2.31. The minimum atomic E-state index is -0.855. The van der Waals surface area contributed by atoms with Gasteiger partial charge in [0.05, 0.1) is 11.4 Å². The van der Waals surface area contributed by atoms with Crippen LogP contribution in [0.5, 0.6) is 0 Å². The van der Waals surface area contributed by atoms with E-state index in [2.05, 4.69) is 11.6 Å². The van der Waals surface area contributed by atoms with Crippen LogP contribution in [-0.4, -0.2) is 39.0 Å². The van der Waals surface area contributed by atoms with Crippen molar-refractivity contribution in [3.05, 3.63) is 40.5 Å². The third-order valence-corrected chi connectivity index (χ3v) is 4.75. The Balaban J connectivity index is 2.00. The van der Waals surface area contributed by atoms with E-state index < -0.39 is 6.09 Å². The van der Waals surface area contributed by atoms with Crippen LogP contribution in [0, 0.1) is 0 Å². The molecule has 0 saturated heterocycles. The Kier molecular flexibility index (Phi) is 5.09. The van der Waals surface area contributed by atoms with E-state index in [0.717, 1.165) is 36.3 Å². The maximum Gasteiger partial charge on any atom is 0.407 e. The molecule has 1 N–H and O–H groups in total. The highest BCUT2D eigenvalue weighted by atomic mass is 35.5. The third kappa shape index (κ3) is 3.41. The van der Waals surface area contributed by atoms with Crippen LogP contribution >= 0.6 is 11.6 Å².